The molecule has 1 saturated heterocycles. The second-order valence-corrected chi connectivity index (χ2v) is 11.4. The van der Waals surface area contributed by atoms with Gasteiger partial charge >= 0.3 is 17.9 Å². The van der Waals surface area contributed by atoms with Crippen LogP contribution >= 0.6 is 0 Å². The van der Waals surface area contributed by atoms with Crippen molar-refractivity contribution in [2.24, 2.45) is 0 Å². The SMILES string of the molecule is O=C1OC(Cc2ccccc2)(Cc2ccccc2)OC(=O)C1=C/C=C/C1=C([O-])OC(Cc2ccccc2)(Cc2ccccc2)OC1=O. The summed E-state index contributed by atoms with van der Waals surface area (Å²) in [7, 11) is 0. The van der Waals surface area contributed by atoms with Gasteiger partial charge in [-0.1, -0.05) is 127 Å². The van der Waals surface area contributed by atoms with Gasteiger partial charge in [-0.25, -0.2) is 14.4 Å². The van der Waals surface area contributed by atoms with Gasteiger partial charge in [-0.2, -0.15) is 0 Å². The van der Waals surface area contributed by atoms with Crippen LogP contribution in [-0.4, -0.2) is 29.5 Å². The number of allylic oxidation sites excluding steroid dienone is 2. The van der Waals surface area contributed by atoms with Gasteiger partial charge in [0.25, 0.3) is 5.79 Å². The molecular formula is C39H31O8-. The van der Waals surface area contributed by atoms with Crippen molar-refractivity contribution in [1.82, 2.24) is 0 Å². The molecule has 0 aromatic heterocycles. The molecule has 2 heterocycles. The Morgan fingerprint density at radius 1 is 0.489 bits per heavy atom. The molecule has 0 amide bonds. The van der Waals surface area contributed by atoms with Gasteiger partial charge in [0.2, 0.25) is 0 Å². The van der Waals surface area contributed by atoms with Crippen molar-refractivity contribution < 1.29 is 38.4 Å². The molecule has 47 heavy (non-hydrogen) atoms. The van der Waals surface area contributed by atoms with Crippen LogP contribution in [0.1, 0.15) is 22.3 Å². The third-order valence-electron chi connectivity index (χ3n) is 7.79. The Morgan fingerprint density at radius 3 is 1.19 bits per heavy atom. The predicted molar refractivity (Wildman–Crippen MR) is 170 cm³/mol. The zero-order valence-corrected chi connectivity index (χ0v) is 25.4. The molecule has 0 bridgehead atoms. The lowest BCUT2D eigenvalue weighted by atomic mass is 9.96. The van der Waals surface area contributed by atoms with E-state index in [0.29, 0.717) is 0 Å². The second-order valence-electron chi connectivity index (χ2n) is 11.4. The van der Waals surface area contributed by atoms with Gasteiger partial charge in [0.1, 0.15) is 5.57 Å². The molecule has 4 aromatic rings. The molecule has 0 unspecified atom stereocenters. The number of rotatable bonds is 10. The molecule has 8 nitrogen and oxygen atoms in total. The number of esters is 3. The minimum absolute atomic E-state index is 0.145. The second kappa shape index (κ2) is 13.6. The van der Waals surface area contributed by atoms with Crippen LogP contribution in [0.25, 0.3) is 0 Å². The van der Waals surface area contributed by atoms with Crippen molar-refractivity contribution >= 4 is 17.9 Å². The standard InChI is InChI=1S/C39H32O8/c40-34-32(35(41)45-38(44-34,24-28-14-5-1-6-15-28)25-29-16-7-2-8-17-29)22-13-23-33-36(42)46-39(47-37(33)43,26-30-18-9-3-10-19-30)27-31-20-11-4-12-21-31/h1-23,40H,24-27H2/p-1/b22-13+. The monoisotopic (exact) mass is 627 g/mol. The average Bonchev–Trinajstić information content (AvgIpc) is 3.05. The molecule has 0 atom stereocenters. The number of carbonyl (C=O) groups excluding carboxylic acids is 3. The fraction of sp³-hybridized carbons (Fsp3) is 0.154. The minimum Gasteiger partial charge on any atom is -0.574 e. The van der Waals surface area contributed by atoms with Crippen molar-refractivity contribution in [3.8, 4) is 0 Å². The number of hydrogen-bond acceptors (Lipinski definition) is 8. The van der Waals surface area contributed by atoms with Gasteiger partial charge in [0.15, 0.2) is 5.79 Å². The lowest BCUT2D eigenvalue weighted by molar-refractivity contribution is -0.398. The largest absolute Gasteiger partial charge is 0.574 e. The summed E-state index contributed by atoms with van der Waals surface area (Å²) < 4.78 is 23.3. The number of hydrogen-bond donors (Lipinski definition) is 0. The molecule has 0 spiro atoms. The molecule has 2 aliphatic heterocycles. The molecule has 0 N–H and O–H groups in total. The third-order valence-corrected chi connectivity index (χ3v) is 7.79. The minimum atomic E-state index is -1.56. The fourth-order valence-electron chi connectivity index (χ4n) is 5.66. The first kappa shape index (κ1) is 31.1. The maximum absolute atomic E-state index is 13.2. The van der Waals surface area contributed by atoms with E-state index in [-0.39, 0.29) is 25.7 Å². The summed E-state index contributed by atoms with van der Waals surface area (Å²) >= 11 is 0. The molecule has 236 valence electrons. The molecule has 4 aromatic carbocycles. The van der Waals surface area contributed by atoms with E-state index in [1.165, 1.54) is 6.08 Å². The molecule has 0 aliphatic carbocycles. The zero-order valence-electron chi connectivity index (χ0n) is 25.4. The lowest BCUT2D eigenvalue weighted by Gasteiger charge is -2.44. The van der Waals surface area contributed by atoms with Crippen molar-refractivity contribution in [2.75, 3.05) is 0 Å². The Bertz CT molecular complexity index is 1720. The van der Waals surface area contributed by atoms with E-state index in [4.69, 9.17) is 18.9 Å². The lowest BCUT2D eigenvalue weighted by Crippen LogP contribution is -2.49. The van der Waals surface area contributed by atoms with E-state index in [1.54, 1.807) is 0 Å². The summed E-state index contributed by atoms with van der Waals surface area (Å²) in [5, 5.41) is 13.2. The van der Waals surface area contributed by atoms with E-state index in [9.17, 15) is 19.5 Å². The smallest absolute Gasteiger partial charge is 0.348 e. The summed E-state index contributed by atoms with van der Waals surface area (Å²) in [4.78, 5) is 39.7. The maximum atomic E-state index is 13.2. The summed E-state index contributed by atoms with van der Waals surface area (Å²) in [6.07, 6.45) is 4.09. The predicted octanol–water partition coefficient (Wildman–Crippen LogP) is 5.08. The molecule has 6 rings (SSSR count). The highest BCUT2D eigenvalue weighted by molar-refractivity contribution is 6.15. The van der Waals surface area contributed by atoms with Crippen LogP contribution in [-0.2, 0) is 59.0 Å². The van der Waals surface area contributed by atoms with Crippen LogP contribution in [0.2, 0.25) is 0 Å². The van der Waals surface area contributed by atoms with E-state index < -0.39 is 46.6 Å². The van der Waals surface area contributed by atoms with E-state index in [1.807, 2.05) is 121 Å². The summed E-state index contributed by atoms with van der Waals surface area (Å²) in [5.74, 6) is -6.68. The van der Waals surface area contributed by atoms with Crippen LogP contribution in [0.15, 0.2) is 157 Å². The average molecular weight is 628 g/mol. The van der Waals surface area contributed by atoms with Crippen LogP contribution < -0.4 is 5.11 Å². The van der Waals surface area contributed by atoms with Gasteiger partial charge in [0.05, 0.1) is 24.4 Å². The topological polar surface area (TPSA) is 111 Å². The molecular weight excluding hydrogens is 596 g/mol. The first-order valence-electron chi connectivity index (χ1n) is 15.2. The first-order chi connectivity index (χ1) is 22.8. The summed E-state index contributed by atoms with van der Waals surface area (Å²) in [6.45, 7) is 0. The number of ether oxygens (including phenoxy) is 4. The quantitative estimate of drug-likeness (QED) is 0.136. The third kappa shape index (κ3) is 7.50. The van der Waals surface area contributed by atoms with Crippen molar-refractivity contribution in [2.45, 2.75) is 37.3 Å². The fourth-order valence-corrected chi connectivity index (χ4v) is 5.66. The summed E-state index contributed by atoms with van der Waals surface area (Å²) in [6, 6.07) is 37.1. The highest BCUT2D eigenvalue weighted by Crippen LogP contribution is 2.34. The Morgan fingerprint density at radius 2 is 0.830 bits per heavy atom. The van der Waals surface area contributed by atoms with Crippen molar-refractivity contribution in [3.63, 3.8) is 0 Å². The van der Waals surface area contributed by atoms with Gasteiger partial charge in [-0.3, -0.25) is 0 Å². The molecule has 0 saturated carbocycles. The van der Waals surface area contributed by atoms with Crippen LogP contribution in [0.4, 0.5) is 0 Å². The Labute approximate surface area is 272 Å². The Balaban J connectivity index is 1.22. The van der Waals surface area contributed by atoms with Gasteiger partial charge < -0.3 is 24.1 Å². The zero-order chi connectivity index (χ0) is 32.7. The van der Waals surface area contributed by atoms with Crippen LogP contribution in [0.3, 0.4) is 0 Å². The highest BCUT2D eigenvalue weighted by Gasteiger charge is 2.46. The molecule has 8 heteroatoms. The first-order valence-corrected chi connectivity index (χ1v) is 15.2. The number of benzene rings is 4. The number of carbonyl (C=O) groups is 3. The number of cyclic esters (lactones) is 3. The van der Waals surface area contributed by atoms with Gasteiger partial charge in [-0.05, 0) is 34.4 Å². The van der Waals surface area contributed by atoms with Crippen LogP contribution in [0, 0.1) is 0 Å². The molecule has 1 fully saturated rings. The van der Waals surface area contributed by atoms with E-state index in [2.05, 4.69) is 0 Å². The summed E-state index contributed by atoms with van der Waals surface area (Å²) in [5.41, 5.74) is 2.49. The van der Waals surface area contributed by atoms with Gasteiger partial charge in [-0.15, -0.1) is 0 Å². The maximum Gasteiger partial charge on any atom is 0.348 e. The van der Waals surface area contributed by atoms with Crippen molar-refractivity contribution in [1.29, 1.82) is 0 Å². The Kier molecular flexibility index (Phi) is 9.02. The van der Waals surface area contributed by atoms with Crippen molar-refractivity contribution in [3.05, 3.63) is 179 Å². The normalized spacial score (nSPS) is 17.0. The Hall–Kier alpha value is -5.89. The van der Waals surface area contributed by atoms with E-state index in [0.717, 1.165) is 34.4 Å². The van der Waals surface area contributed by atoms with E-state index >= 15 is 0 Å². The molecule has 2 aliphatic rings. The molecule has 0 radical (unpaired) electrons. The van der Waals surface area contributed by atoms with Crippen LogP contribution in [0.5, 0.6) is 0 Å². The highest BCUT2D eigenvalue weighted by atomic mass is 16.8. The van der Waals surface area contributed by atoms with Gasteiger partial charge in [0, 0.05) is 12.8 Å².